The molecule has 0 aliphatic rings. The Balaban J connectivity index is 1.60. The first-order valence-corrected chi connectivity index (χ1v) is 12.7. The average molecular weight is 483 g/mol. The zero-order chi connectivity index (χ0) is 25.4. The molecule has 6 rings (SSSR count). The second kappa shape index (κ2) is 9.18. The summed E-state index contributed by atoms with van der Waals surface area (Å²) in [6.07, 6.45) is 0. The van der Waals surface area contributed by atoms with Crippen LogP contribution in [0.3, 0.4) is 0 Å². The number of aromatic nitrogens is 1. The van der Waals surface area contributed by atoms with E-state index < -0.39 is 0 Å². The summed E-state index contributed by atoms with van der Waals surface area (Å²) in [6.45, 7) is 6.74. The van der Waals surface area contributed by atoms with Gasteiger partial charge in [0.25, 0.3) is 0 Å². The van der Waals surface area contributed by atoms with E-state index in [-0.39, 0.29) is 5.41 Å². The van der Waals surface area contributed by atoms with Crippen molar-refractivity contribution < 1.29 is 4.74 Å². The SMILES string of the molecule is CC(C)(C)c1ccc(-n2c3ccccc3c3c(Oc4ccccc4)cc(Nc4ccccc4)cc32)cc1. The summed E-state index contributed by atoms with van der Waals surface area (Å²) in [6, 6.07) is 42.0. The van der Waals surface area contributed by atoms with Gasteiger partial charge >= 0.3 is 0 Å². The minimum atomic E-state index is 0.100. The largest absolute Gasteiger partial charge is 0.457 e. The molecule has 0 fully saturated rings. The fourth-order valence-corrected chi connectivity index (χ4v) is 4.90. The van der Waals surface area contributed by atoms with E-state index >= 15 is 0 Å². The van der Waals surface area contributed by atoms with Gasteiger partial charge in [-0.15, -0.1) is 0 Å². The first-order valence-electron chi connectivity index (χ1n) is 12.7. The van der Waals surface area contributed by atoms with Crippen LogP contribution in [0, 0.1) is 0 Å². The van der Waals surface area contributed by atoms with Gasteiger partial charge in [0.15, 0.2) is 0 Å². The smallest absolute Gasteiger partial charge is 0.139 e. The first-order chi connectivity index (χ1) is 18.0. The van der Waals surface area contributed by atoms with Crippen LogP contribution >= 0.6 is 0 Å². The van der Waals surface area contributed by atoms with Crippen LogP contribution in [-0.2, 0) is 5.41 Å². The molecule has 0 saturated heterocycles. The highest BCUT2D eigenvalue weighted by Crippen LogP contribution is 2.42. The number of fused-ring (bicyclic) bond motifs is 3. The quantitative estimate of drug-likeness (QED) is 0.265. The zero-order valence-corrected chi connectivity index (χ0v) is 21.4. The third kappa shape index (κ3) is 4.45. The van der Waals surface area contributed by atoms with Crippen molar-refractivity contribution in [3.63, 3.8) is 0 Å². The second-order valence-electron chi connectivity index (χ2n) is 10.4. The lowest BCUT2D eigenvalue weighted by Crippen LogP contribution is -2.10. The van der Waals surface area contributed by atoms with Crippen molar-refractivity contribution in [3.8, 4) is 17.2 Å². The number of ether oxygens (including phenoxy) is 1. The van der Waals surface area contributed by atoms with Crippen molar-refractivity contribution in [1.29, 1.82) is 0 Å². The number of benzene rings is 5. The highest BCUT2D eigenvalue weighted by Gasteiger charge is 2.19. The van der Waals surface area contributed by atoms with Gasteiger partial charge in [-0.05, 0) is 59.5 Å². The predicted octanol–water partition coefficient (Wildman–Crippen LogP) is 9.62. The maximum atomic E-state index is 6.54. The normalized spacial score (nSPS) is 11.6. The molecule has 0 amide bonds. The summed E-state index contributed by atoms with van der Waals surface area (Å²) in [5, 5.41) is 5.84. The number of hydrogen-bond donors (Lipinski definition) is 1. The minimum absolute atomic E-state index is 0.100. The summed E-state index contributed by atoms with van der Waals surface area (Å²) >= 11 is 0. The van der Waals surface area contributed by atoms with Crippen molar-refractivity contribution in [2.75, 3.05) is 5.32 Å². The highest BCUT2D eigenvalue weighted by atomic mass is 16.5. The molecule has 3 nitrogen and oxygen atoms in total. The van der Waals surface area contributed by atoms with Crippen LogP contribution in [0.4, 0.5) is 11.4 Å². The predicted molar refractivity (Wildman–Crippen MR) is 156 cm³/mol. The monoisotopic (exact) mass is 482 g/mol. The third-order valence-electron chi connectivity index (χ3n) is 6.76. The molecule has 37 heavy (non-hydrogen) atoms. The van der Waals surface area contributed by atoms with Gasteiger partial charge in [0, 0.05) is 28.5 Å². The standard InChI is InChI=1S/C34H30N2O/c1-34(2,3)24-18-20-27(21-19-24)36-30-17-11-10-16-29(30)33-31(36)22-26(35-25-12-6-4-7-13-25)23-32(33)37-28-14-8-5-9-15-28/h4-23,35H,1-3H3. The number of hydrogen-bond acceptors (Lipinski definition) is 2. The number of rotatable bonds is 5. The van der Waals surface area contributed by atoms with E-state index in [1.54, 1.807) is 0 Å². The maximum Gasteiger partial charge on any atom is 0.139 e. The van der Waals surface area contributed by atoms with Gasteiger partial charge < -0.3 is 14.6 Å². The van der Waals surface area contributed by atoms with Crippen LogP contribution in [0.2, 0.25) is 0 Å². The average Bonchev–Trinajstić information content (AvgIpc) is 3.24. The van der Waals surface area contributed by atoms with Crippen molar-refractivity contribution >= 4 is 33.2 Å². The van der Waals surface area contributed by atoms with Crippen LogP contribution in [0.25, 0.3) is 27.5 Å². The fourth-order valence-electron chi connectivity index (χ4n) is 4.90. The van der Waals surface area contributed by atoms with Crippen molar-refractivity contribution in [3.05, 3.63) is 127 Å². The molecule has 3 heteroatoms. The topological polar surface area (TPSA) is 26.2 Å². The lowest BCUT2D eigenvalue weighted by atomic mass is 9.87. The van der Waals surface area contributed by atoms with E-state index in [2.05, 4.69) is 103 Å². The molecule has 182 valence electrons. The Morgan fingerprint density at radius 3 is 1.97 bits per heavy atom. The fraction of sp³-hybridized carbons (Fsp3) is 0.118. The molecule has 0 radical (unpaired) electrons. The number of anilines is 2. The zero-order valence-electron chi connectivity index (χ0n) is 21.4. The summed E-state index contributed by atoms with van der Waals surface area (Å²) in [5.41, 5.74) is 6.79. The Labute approximate surface area is 218 Å². The van der Waals surface area contributed by atoms with Crippen LogP contribution in [0.5, 0.6) is 11.5 Å². The molecule has 0 unspecified atom stereocenters. The molecular weight excluding hydrogens is 452 g/mol. The molecule has 5 aromatic carbocycles. The lowest BCUT2D eigenvalue weighted by molar-refractivity contribution is 0.489. The minimum Gasteiger partial charge on any atom is -0.457 e. The van der Waals surface area contributed by atoms with Gasteiger partial charge in [-0.2, -0.15) is 0 Å². The van der Waals surface area contributed by atoms with E-state index in [9.17, 15) is 0 Å². The van der Waals surface area contributed by atoms with Crippen LogP contribution < -0.4 is 10.1 Å². The van der Waals surface area contributed by atoms with Gasteiger partial charge in [0.2, 0.25) is 0 Å². The van der Waals surface area contributed by atoms with Crippen molar-refractivity contribution in [2.24, 2.45) is 0 Å². The Kier molecular flexibility index (Phi) is 5.69. The second-order valence-corrected chi connectivity index (χ2v) is 10.4. The number of para-hydroxylation sites is 3. The number of nitrogens with one attached hydrogen (secondary N) is 1. The van der Waals surface area contributed by atoms with Crippen LogP contribution in [-0.4, -0.2) is 4.57 Å². The molecule has 0 bridgehead atoms. The Bertz CT molecular complexity index is 1680. The van der Waals surface area contributed by atoms with Gasteiger partial charge in [-0.1, -0.05) is 87.5 Å². The van der Waals surface area contributed by atoms with E-state index in [0.717, 1.165) is 50.4 Å². The molecular formula is C34H30N2O. The van der Waals surface area contributed by atoms with Crippen LogP contribution in [0.1, 0.15) is 26.3 Å². The summed E-state index contributed by atoms with van der Waals surface area (Å²) < 4.78 is 8.88. The van der Waals surface area contributed by atoms with Gasteiger partial charge in [0.1, 0.15) is 11.5 Å². The van der Waals surface area contributed by atoms with Crippen molar-refractivity contribution in [1.82, 2.24) is 4.57 Å². The Morgan fingerprint density at radius 1 is 0.622 bits per heavy atom. The molecule has 6 aromatic rings. The molecule has 1 aromatic heterocycles. The summed E-state index contributed by atoms with van der Waals surface area (Å²) in [5.74, 6) is 1.63. The van der Waals surface area contributed by atoms with Gasteiger partial charge in [0.05, 0.1) is 16.4 Å². The Hall–Kier alpha value is -4.50. The maximum absolute atomic E-state index is 6.54. The van der Waals surface area contributed by atoms with E-state index in [1.165, 1.54) is 5.56 Å². The Morgan fingerprint density at radius 2 is 1.27 bits per heavy atom. The highest BCUT2D eigenvalue weighted by molar-refractivity contribution is 6.13. The summed E-state index contributed by atoms with van der Waals surface area (Å²) in [4.78, 5) is 0. The van der Waals surface area contributed by atoms with Gasteiger partial charge in [-0.3, -0.25) is 0 Å². The molecule has 0 saturated carbocycles. The first kappa shape index (κ1) is 22.9. The summed E-state index contributed by atoms with van der Waals surface area (Å²) in [7, 11) is 0. The number of nitrogens with zero attached hydrogens (tertiary/aromatic N) is 1. The van der Waals surface area contributed by atoms with Crippen molar-refractivity contribution in [2.45, 2.75) is 26.2 Å². The van der Waals surface area contributed by atoms with Gasteiger partial charge in [-0.25, -0.2) is 0 Å². The molecule has 0 spiro atoms. The van der Waals surface area contributed by atoms with E-state index in [4.69, 9.17) is 4.74 Å². The molecule has 1 N–H and O–H groups in total. The molecule has 0 aliphatic carbocycles. The van der Waals surface area contributed by atoms with Crippen LogP contribution in [0.15, 0.2) is 121 Å². The third-order valence-corrected chi connectivity index (χ3v) is 6.76. The van der Waals surface area contributed by atoms with E-state index in [0.29, 0.717) is 0 Å². The van der Waals surface area contributed by atoms with E-state index in [1.807, 2.05) is 48.5 Å². The molecule has 0 atom stereocenters. The molecule has 0 aliphatic heterocycles. The lowest BCUT2D eigenvalue weighted by Gasteiger charge is -2.19. The molecule has 1 heterocycles.